The summed E-state index contributed by atoms with van der Waals surface area (Å²) in [6.07, 6.45) is 2.52. The predicted octanol–water partition coefficient (Wildman–Crippen LogP) is -0.439. The molecule has 0 fully saturated rings. The van der Waals surface area contributed by atoms with Crippen molar-refractivity contribution < 1.29 is 8.42 Å². The first kappa shape index (κ1) is 11.6. The summed E-state index contributed by atoms with van der Waals surface area (Å²) in [6, 6.07) is 0. The minimum atomic E-state index is -3.67. The molecule has 0 aliphatic rings. The van der Waals surface area contributed by atoms with Gasteiger partial charge in [0, 0.05) is 7.05 Å². The van der Waals surface area contributed by atoms with E-state index in [9.17, 15) is 8.42 Å². The predicted molar refractivity (Wildman–Crippen MR) is 59.3 cm³/mol. The van der Waals surface area contributed by atoms with Crippen LogP contribution in [-0.4, -0.2) is 33.1 Å². The molecule has 92 valence electrons. The summed E-state index contributed by atoms with van der Waals surface area (Å²) in [6.45, 7) is 3.34. The van der Waals surface area contributed by atoms with Gasteiger partial charge in [-0.1, -0.05) is 0 Å². The molecule has 0 unspecified atom stereocenters. The first-order chi connectivity index (χ1) is 7.92. The second-order valence-corrected chi connectivity index (χ2v) is 5.19. The van der Waals surface area contributed by atoms with E-state index >= 15 is 0 Å². The van der Waals surface area contributed by atoms with Gasteiger partial charge >= 0.3 is 0 Å². The molecule has 0 amide bonds. The monoisotopic (exact) mass is 256 g/mol. The molecular formula is C8H12N6O2S. The summed E-state index contributed by atoms with van der Waals surface area (Å²) >= 11 is 0. The maximum Gasteiger partial charge on any atom is 0.279 e. The molecule has 0 aliphatic heterocycles. The molecule has 0 saturated carbocycles. The van der Waals surface area contributed by atoms with Gasteiger partial charge in [0.1, 0.15) is 17.6 Å². The molecule has 0 aromatic carbocycles. The van der Waals surface area contributed by atoms with Crippen LogP contribution < -0.4 is 4.83 Å². The highest BCUT2D eigenvalue weighted by Gasteiger charge is 2.23. The standard InChI is InChI=1S/C8H12N6O2S/c1-6-8(7(2)13(3)11-6)17(15,16)12-14-4-9-10-5-14/h4-5,12H,1-3H3. The van der Waals surface area contributed by atoms with E-state index in [1.807, 2.05) is 0 Å². The van der Waals surface area contributed by atoms with Crippen molar-refractivity contribution >= 4 is 10.0 Å². The number of nitrogens with zero attached hydrogens (tertiary/aromatic N) is 5. The Morgan fingerprint density at radius 3 is 2.29 bits per heavy atom. The van der Waals surface area contributed by atoms with Crippen LogP contribution in [0.2, 0.25) is 0 Å². The lowest BCUT2D eigenvalue weighted by molar-refractivity contribution is 0.593. The summed E-state index contributed by atoms with van der Waals surface area (Å²) in [7, 11) is -1.98. The van der Waals surface area contributed by atoms with Crippen molar-refractivity contribution in [2.75, 3.05) is 4.83 Å². The van der Waals surface area contributed by atoms with Crippen LogP contribution in [0, 0.1) is 13.8 Å². The highest BCUT2D eigenvalue weighted by atomic mass is 32.2. The fourth-order valence-corrected chi connectivity index (χ4v) is 2.99. The van der Waals surface area contributed by atoms with Gasteiger partial charge in [0.2, 0.25) is 0 Å². The second-order valence-electron chi connectivity index (χ2n) is 3.59. The van der Waals surface area contributed by atoms with Gasteiger partial charge < -0.3 is 0 Å². The fourth-order valence-electron chi connectivity index (χ4n) is 1.58. The van der Waals surface area contributed by atoms with Gasteiger partial charge in [-0.3, -0.25) is 4.68 Å². The maximum absolute atomic E-state index is 12.1. The van der Waals surface area contributed by atoms with E-state index in [1.165, 1.54) is 22.0 Å². The molecule has 0 saturated heterocycles. The zero-order valence-corrected chi connectivity index (χ0v) is 10.4. The number of hydrogen-bond acceptors (Lipinski definition) is 5. The van der Waals surface area contributed by atoms with Gasteiger partial charge in [-0.05, 0) is 13.8 Å². The van der Waals surface area contributed by atoms with Crippen LogP contribution in [0.25, 0.3) is 0 Å². The summed E-state index contributed by atoms with van der Waals surface area (Å²) in [4.78, 5) is 2.49. The first-order valence-corrected chi connectivity index (χ1v) is 6.28. The van der Waals surface area contributed by atoms with Crippen molar-refractivity contribution in [3.05, 3.63) is 24.0 Å². The molecule has 2 rings (SSSR count). The van der Waals surface area contributed by atoms with Gasteiger partial charge in [-0.15, -0.1) is 10.2 Å². The largest absolute Gasteiger partial charge is 0.279 e. The molecule has 1 N–H and O–H groups in total. The quantitative estimate of drug-likeness (QED) is 0.803. The van der Waals surface area contributed by atoms with Crippen molar-refractivity contribution in [2.24, 2.45) is 7.05 Å². The molecule has 0 bridgehead atoms. The molecular weight excluding hydrogens is 244 g/mol. The van der Waals surface area contributed by atoms with E-state index < -0.39 is 10.0 Å². The van der Waals surface area contributed by atoms with Gasteiger partial charge in [-0.2, -0.15) is 13.5 Å². The topological polar surface area (TPSA) is 94.7 Å². The molecule has 0 spiro atoms. The Hall–Kier alpha value is -1.90. The normalized spacial score (nSPS) is 11.7. The summed E-state index contributed by atoms with van der Waals surface area (Å²) in [5.41, 5.74) is 1.02. The van der Waals surface area contributed by atoms with Crippen LogP contribution in [0.15, 0.2) is 17.6 Å². The Morgan fingerprint density at radius 1 is 1.24 bits per heavy atom. The Balaban J connectivity index is 2.45. The van der Waals surface area contributed by atoms with Gasteiger partial charge in [0.15, 0.2) is 0 Å². The number of aryl methyl sites for hydroxylation is 2. The molecule has 0 radical (unpaired) electrons. The average Bonchev–Trinajstić information content (AvgIpc) is 2.76. The highest BCUT2D eigenvalue weighted by molar-refractivity contribution is 7.92. The lowest BCUT2D eigenvalue weighted by Gasteiger charge is -2.07. The van der Waals surface area contributed by atoms with Crippen molar-refractivity contribution in [1.82, 2.24) is 24.7 Å². The SMILES string of the molecule is Cc1nn(C)c(C)c1S(=O)(=O)Nn1cnnc1. The minimum Gasteiger partial charge on any atom is -0.271 e. The van der Waals surface area contributed by atoms with Crippen LogP contribution in [0.5, 0.6) is 0 Å². The molecule has 2 aromatic heterocycles. The Morgan fingerprint density at radius 2 is 1.82 bits per heavy atom. The molecule has 9 heteroatoms. The zero-order chi connectivity index (χ0) is 12.6. The van der Waals surface area contributed by atoms with Crippen molar-refractivity contribution in [3.63, 3.8) is 0 Å². The van der Waals surface area contributed by atoms with Crippen molar-refractivity contribution in [2.45, 2.75) is 18.7 Å². The fraction of sp³-hybridized carbons (Fsp3) is 0.375. The minimum absolute atomic E-state index is 0.175. The number of nitrogens with one attached hydrogen (secondary N) is 1. The first-order valence-electron chi connectivity index (χ1n) is 4.79. The van der Waals surface area contributed by atoms with Gasteiger partial charge in [0.25, 0.3) is 10.0 Å². The second kappa shape index (κ2) is 3.84. The number of aromatic nitrogens is 5. The number of rotatable bonds is 3. The maximum atomic E-state index is 12.1. The summed E-state index contributed by atoms with van der Waals surface area (Å²) < 4.78 is 26.9. The van der Waals surface area contributed by atoms with Crippen LogP contribution in [0.1, 0.15) is 11.4 Å². The molecule has 17 heavy (non-hydrogen) atoms. The van der Waals surface area contributed by atoms with Crippen LogP contribution in [-0.2, 0) is 17.1 Å². The van der Waals surface area contributed by atoms with E-state index in [4.69, 9.17) is 0 Å². The van der Waals surface area contributed by atoms with Crippen molar-refractivity contribution in [1.29, 1.82) is 0 Å². The molecule has 2 aromatic rings. The molecule has 0 atom stereocenters. The third-order valence-electron chi connectivity index (χ3n) is 2.36. The molecule has 0 aliphatic carbocycles. The van der Waals surface area contributed by atoms with Crippen LogP contribution >= 0.6 is 0 Å². The van der Waals surface area contributed by atoms with Crippen LogP contribution in [0.3, 0.4) is 0 Å². The Labute approximate surface area is 98.3 Å². The Kier molecular flexibility index (Phi) is 2.62. The lowest BCUT2D eigenvalue weighted by atomic mass is 10.4. The summed E-state index contributed by atoms with van der Waals surface area (Å²) in [5.74, 6) is 0. The van der Waals surface area contributed by atoms with E-state index in [0.717, 1.165) is 0 Å². The van der Waals surface area contributed by atoms with Crippen LogP contribution in [0.4, 0.5) is 0 Å². The highest BCUT2D eigenvalue weighted by Crippen LogP contribution is 2.18. The van der Waals surface area contributed by atoms with E-state index in [-0.39, 0.29) is 4.90 Å². The van der Waals surface area contributed by atoms with Gasteiger partial charge in [0.05, 0.1) is 11.4 Å². The average molecular weight is 256 g/mol. The van der Waals surface area contributed by atoms with Gasteiger partial charge in [-0.25, -0.2) is 9.51 Å². The smallest absolute Gasteiger partial charge is 0.271 e. The third kappa shape index (κ3) is 2.00. The lowest BCUT2D eigenvalue weighted by Crippen LogP contribution is -2.23. The summed E-state index contributed by atoms with van der Waals surface area (Å²) in [5, 5.41) is 11.1. The molecule has 2 heterocycles. The number of sulfonamides is 1. The zero-order valence-electron chi connectivity index (χ0n) is 9.62. The Bertz CT molecular complexity index is 627. The molecule has 8 nitrogen and oxygen atoms in total. The number of hydrogen-bond donors (Lipinski definition) is 1. The third-order valence-corrected chi connectivity index (χ3v) is 3.94. The van der Waals surface area contributed by atoms with E-state index in [1.54, 1.807) is 20.9 Å². The van der Waals surface area contributed by atoms with Crippen molar-refractivity contribution in [3.8, 4) is 0 Å². The van der Waals surface area contributed by atoms with E-state index in [2.05, 4.69) is 20.1 Å². The van der Waals surface area contributed by atoms with E-state index in [0.29, 0.717) is 11.4 Å².